The summed E-state index contributed by atoms with van der Waals surface area (Å²) in [4.78, 5) is 35.4. The molecule has 25 heavy (non-hydrogen) atoms. The molecule has 7 nitrogen and oxygen atoms in total. The molecule has 0 fully saturated rings. The van der Waals surface area contributed by atoms with E-state index in [1.165, 1.54) is 25.3 Å². The minimum Gasteiger partial charge on any atom is -0.496 e. The van der Waals surface area contributed by atoms with E-state index in [2.05, 4.69) is 5.32 Å². The van der Waals surface area contributed by atoms with Crippen molar-refractivity contribution in [2.24, 2.45) is 5.73 Å². The molecular formula is C18H18N2O5. The molecule has 0 aromatic heterocycles. The van der Waals surface area contributed by atoms with Crippen LogP contribution in [0.15, 0.2) is 42.5 Å². The zero-order valence-electron chi connectivity index (χ0n) is 13.9. The number of anilines is 1. The minimum atomic E-state index is -0.643. The van der Waals surface area contributed by atoms with Crippen LogP contribution in [0.4, 0.5) is 5.69 Å². The lowest BCUT2D eigenvalue weighted by Crippen LogP contribution is -2.16. The number of amides is 2. The highest BCUT2D eigenvalue weighted by Gasteiger charge is 2.15. The van der Waals surface area contributed by atoms with Gasteiger partial charge in [-0.3, -0.25) is 9.59 Å². The van der Waals surface area contributed by atoms with Crippen LogP contribution >= 0.6 is 0 Å². The standard InChI is InChI=1S/C18H18N2O5/c1-3-25-18(23)11-4-7-13(8-5-11)20-17(22)14-10-12(16(19)21)6-9-15(14)24-2/h4-10H,3H2,1-2H3,(H2,19,21)(H,20,22). The van der Waals surface area contributed by atoms with E-state index in [1.807, 2.05) is 0 Å². The Morgan fingerprint density at radius 3 is 2.24 bits per heavy atom. The van der Waals surface area contributed by atoms with Crippen LogP contribution in [0.25, 0.3) is 0 Å². The second-order valence-electron chi connectivity index (χ2n) is 5.03. The number of carbonyl (C=O) groups is 3. The summed E-state index contributed by atoms with van der Waals surface area (Å²) in [5.41, 5.74) is 6.47. The summed E-state index contributed by atoms with van der Waals surface area (Å²) in [5, 5.41) is 2.67. The Morgan fingerprint density at radius 1 is 1.04 bits per heavy atom. The molecule has 0 saturated heterocycles. The molecule has 2 aromatic rings. The fourth-order valence-corrected chi connectivity index (χ4v) is 2.14. The molecule has 0 spiro atoms. The topological polar surface area (TPSA) is 108 Å². The van der Waals surface area contributed by atoms with Gasteiger partial charge in [0.05, 0.1) is 24.8 Å². The quantitative estimate of drug-likeness (QED) is 0.783. The lowest BCUT2D eigenvalue weighted by molar-refractivity contribution is 0.0526. The van der Waals surface area contributed by atoms with E-state index in [-0.39, 0.29) is 17.7 Å². The summed E-state index contributed by atoms with van der Waals surface area (Å²) in [7, 11) is 1.42. The van der Waals surface area contributed by atoms with Gasteiger partial charge in [0.25, 0.3) is 5.91 Å². The average molecular weight is 342 g/mol. The van der Waals surface area contributed by atoms with Gasteiger partial charge in [0.1, 0.15) is 5.75 Å². The molecule has 3 N–H and O–H groups in total. The van der Waals surface area contributed by atoms with Gasteiger partial charge in [0.2, 0.25) is 5.91 Å². The van der Waals surface area contributed by atoms with Gasteiger partial charge >= 0.3 is 5.97 Å². The predicted octanol–water partition coefficient (Wildman–Crippen LogP) is 2.22. The smallest absolute Gasteiger partial charge is 0.338 e. The van der Waals surface area contributed by atoms with Crippen molar-refractivity contribution < 1.29 is 23.9 Å². The van der Waals surface area contributed by atoms with Crippen molar-refractivity contribution >= 4 is 23.5 Å². The minimum absolute atomic E-state index is 0.174. The SMILES string of the molecule is CCOC(=O)c1ccc(NC(=O)c2cc(C(N)=O)ccc2OC)cc1. The first kappa shape index (κ1) is 18.0. The molecule has 2 amide bonds. The third-order valence-corrected chi connectivity index (χ3v) is 3.38. The molecular weight excluding hydrogens is 324 g/mol. The predicted molar refractivity (Wildman–Crippen MR) is 91.9 cm³/mol. The van der Waals surface area contributed by atoms with E-state index in [4.69, 9.17) is 15.2 Å². The summed E-state index contributed by atoms with van der Waals surface area (Å²) in [6.45, 7) is 2.01. The Bertz CT molecular complexity index is 800. The van der Waals surface area contributed by atoms with Crippen molar-refractivity contribution in [1.29, 1.82) is 0 Å². The zero-order valence-corrected chi connectivity index (χ0v) is 13.9. The molecule has 7 heteroatoms. The molecule has 0 aliphatic heterocycles. The van der Waals surface area contributed by atoms with Gasteiger partial charge in [-0.2, -0.15) is 0 Å². The highest BCUT2D eigenvalue weighted by Crippen LogP contribution is 2.21. The van der Waals surface area contributed by atoms with Crippen LogP contribution in [0, 0.1) is 0 Å². The van der Waals surface area contributed by atoms with Gasteiger partial charge in [0.15, 0.2) is 0 Å². The van der Waals surface area contributed by atoms with Crippen LogP contribution in [-0.2, 0) is 4.74 Å². The lowest BCUT2D eigenvalue weighted by Gasteiger charge is -2.11. The van der Waals surface area contributed by atoms with Crippen molar-refractivity contribution in [1.82, 2.24) is 0 Å². The maximum Gasteiger partial charge on any atom is 0.338 e. The number of primary amides is 1. The number of hydrogen-bond donors (Lipinski definition) is 2. The summed E-state index contributed by atoms with van der Waals surface area (Å²) in [6.07, 6.45) is 0. The van der Waals surface area contributed by atoms with Crippen LogP contribution in [0.5, 0.6) is 5.75 Å². The lowest BCUT2D eigenvalue weighted by atomic mass is 10.1. The van der Waals surface area contributed by atoms with Gasteiger partial charge < -0.3 is 20.5 Å². The fourth-order valence-electron chi connectivity index (χ4n) is 2.14. The van der Waals surface area contributed by atoms with Crippen LogP contribution in [0.1, 0.15) is 38.0 Å². The molecule has 0 aliphatic rings. The number of benzene rings is 2. The Labute approximate surface area is 144 Å². The van der Waals surface area contributed by atoms with Crippen molar-refractivity contribution in [3.63, 3.8) is 0 Å². The van der Waals surface area contributed by atoms with Crippen molar-refractivity contribution in [3.05, 3.63) is 59.2 Å². The van der Waals surface area contributed by atoms with E-state index in [9.17, 15) is 14.4 Å². The van der Waals surface area contributed by atoms with E-state index in [0.717, 1.165) is 0 Å². The fraction of sp³-hybridized carbons (Fsp3) is 0.167. The largest absolute Gasteiger partial charge is 0.496 e. The van der Waals surface area contributed by atoms with Gasteiger partial charge in [-0.25, -0.2) is 4.79 Å². The van der Waals surface area contributed by atoms with E-state index in [0.29, 0.717) is 17.0 Å². The van der Waals surface area contributed by atoms with Crippen LogP contribution in [-0.4, -0.2) is 31.5 Å². The average Bonchev–Trinajstić information content (AvgIpc) is 2.61. The first-order valence-electron chi connectivity index (χ1n) is 7.52. The number of nitrogens with two attached hydrogens (primary N) is 1. The summed E-state index contributed by atoms with van der Waals surface area (Å²) >= 11 is 0. The third kappa shape index (κ3) is 4.35. The number of esters is 1. The maximum atomic E-state index is 12.5. The summed E-state index contributed by atoms with van der Waals surface area (Å²) in [5.74, 6) is -1.24. The van der Waals surface area contributed by atoms with Crippen LogP contribution in [0.3, 0.4) is 0 Å². The van der Waals surface area contributed by atoms with Crippen molar-refractivity contribution in [2.45, 2.75) is 6.92 Å². The Kier molecular flexibility index (Phi) is 5.73. The number of carbonyl (C=O) groups excluding carboxylic acids is 3. The summed E-state index contributed by atoms with van der Waals surface area (Å²) < 4.78 is 10.0. The Morgan fingerprint density at radius 2 is 1.68 bits per heavy atom. The molecule has 0 bridgehead atoms. The van der Waals surface area contributed by atoms with Crippen molar-refractivity contribution in [3.8, 4) is 5.75 Å². The molecule has 0 heterocycles. The monoisotopic (exact) mass is 342 g/mol. The molecule has 2 rings (SSSR count). The molecule has 0 unspecified atom stereocenters. The molecule has 2 aromatic carbocycles. The van der Waals surface area contributed by atoms with Gasteiger partial charge in [-0.15, -0.1) is 0 Å². The van der Waals surface area contributed by atoms with Crippen LogP contribution in [0.2, 0.25) is 0 Å². The van der Waals surface area contributed by atoms with Gasteiger partial charge in [-0.1, -0.05) is 0 Å². The number of rotatable bonds is 6. The zero-order chi connectivity index (χ0) is 18.4. The summed E-state index contributed by atoms with van der Waals surface area (Å²) in [6, 6.07) is 10.6. The molecule has 0 radical (unpaired) electrons. The maximum absolute atomic E-state index is 12.5. The van der Waals surface area contributed by atoms with E-state index >= 15 is 0 Å². The second kappa shape index (κ2) is 7.96. The highest BCUT2D eigenvalue weighted by molar-refractivity contribution is 6.08. The normalized spacial score (nSPS) is 10.0. The number of nitrogens with one attached hydrogen (secondary N) is 1. The number of hydrogen-bond acceptors (Lipinski definition) is 5. The first-order chi connectivity index (χ1) is 12.0. The molecule has 0 atom stereocenters. The molecule has 130 valence electrons. The van der Waals surface area contributed by atoms with E-state index < -0.39 is 17.8 Å². The van der Waals surface area contributed by atoms with Gasteiger partial charge in [-0.05, 0) is 49.4 Å². The van der Waals surface area contributed by atoms with Gasteiger partial charge in [0, 0.05) is 11.3 Å². The number of ether oxygens (including phenoxy) is 2. The molecule has 0 saturated carbocycles. The Hall–Kier alpha value is -3.35. The highest BCUT2D eigenvalue weighted by atomic mass is 16.5. The third-order valence-electron chi connectivity index (χ3n) is 3.38. The van der Waals surface area contributed by atoms with Crippen LogP contribution < -0.4 is 15.8 Å². The second-order valence-corrected chi connectivity index (χ2v) is 5.03. The Balaban J connectivity index is 2.20. The molecule has 0 aliphatic carbocycles. The van der Waals surface area contributed by atoms with E-state index in [1.54, 1.807) is 31.2 Å². The van der Waals surface area contributed by atoms with Crippen molar-refractivity contribution in [2.75, 3.05) is 19.0 Å². The first-order valence-corrected chi connectivity index (χ1v) is 7.52. The number of methoxy groups -OCH3 is 1.